The standard InChI is InChI=1S/C26H21ClN2O6/c1-33-20-10-7-16(23(14-20)34-2)13-21-24(30)28-26(32)29(25(21)31)18-8-11-19(12-9-18)35-15-17-5-3-4-6-22(17)27/h3-14H,15H2,1-2H3,(H,28,30,32)/b21-13-. The van der Waals surface area contributed by atoms with Crippen molar-refractivity contribution in [2.75, 3.05) is 19.1 Å². The summed E-state index contributed by atoms with van der Waals surface area (Å²) in [5.74, 6) is -0.0819. The maximum absolute atomic E-state index is 13.2. The predicted octanol–water partition coefficient (Wildman–Crippen LogP) is 4.60. The summed E-state index contributed by atoms with van der Waals surface area (Å²) in [6.45, 7) is 0.257. The molecule has 3 aromatic rings. The van der Waals surface area contributed by atoms with E-state index >= 15 is 0 Å². The van der Waals surface area contributed by atoms with Gasteiger partial charge in [-0.2, -0.15) is 0 Å². The molecule has 0 aromatic heterocycles. The van der Waals surface area contributed by atoms with Crippen molar-refractivity contribution >= 4 is 41.2 Å². The molecule has 1 N–H and O–H groups in total. The van der Waals surface area contributed by atoms with Crippen LogP contribution in [0.3, 0.4) is 0 Å². The lowest BCUT2D eigenvalue weighted by atomic mass is 10.1. The second-order valence-electron chi connectivity index (χ2n) is 7.44. The van der Waals surface area contributed by atoms with Crippen LogP contribution < -0.4 is 24.4 Å². The van der Waals surface area contributed by atoms with Crippen molar-refractivity contribution in [3.63, 3.8) is 0 Å². The molecule has 0 unspecified atom stereocenters. The molecule has 0 radical (unpaired) electrons. The molecule has 1 fully saturated rings. The molecule has 1 saturated heterocycles. The fourth-order valence-electron chi connectivity index (χ4n) is 3.45. The topological polar surface area (TPSA) is 94.2 Å². The van der Waals surface area contributed by atoms with Gasteiger partial charge in [0.25, 0.3) is 11.8 Å². The van der Waals surface area contributed by atoms with Crippen LogP contribution in [0.1, 0.15) is 11.1 Å². The second kappa shape index (κ2) is 10.3. The fourth-order valence-corrected chi connectivity index (χ4v) is 3.64. The first-order valence-electron chi connectivity index (χ1n) is 10.5. The molecule has 4 rings (SSSR count). The molecule has 0 aliphatic carbocycles. The first-order valence-corrected chi connectivity index (χ1v) is 10.9. The van der Waals surface area contributed by atoms with Crippen molar-refractivity contribution in [3.05, 3.63) is 88.5 Å². The highest BCUT2D eigenvalue weighted by Gasteiger charge is 2.37. The number of hydrogen-bond donors (Lipinski definition) is 1. The van der Waals surface area contributed by atoms with Gasteiger partial charge in [0.05, 0.1) is 19.9 Å². The minimum Gasteiger partial charge on any atom is -0.497 e. The number of anilines is 1. The Morgan fingerprint density at radius 1 is 0.914 bits per heavy atom. The number of urea groups is 1. The number of ether oxygens (including phenoxy) is 3. The van der Waals surface area contributed by atoms with Crippen LogP contribution in [0.4, 0.5) is 10.5 Å². The summed E-state index contributed by atoms with van der Waals surface area (Å²) in [7, 11) is 2.98. The van der Waals surface area contributed by atoms with E-state index in [1.165, 1.54) is 20.3 Å². The molecule has 178 valence electrons. The Labute approximate surface area is 206 Å². The molecule has 0 atom stereocenters. The Kier molecular flexibility index (Phi) is 7.03. The highest BCUT2D eigenvalue weighted by atomic mass is 35.5. The third-order valence-electron chi connectivity index (χ3n) is 5.29. The lowest BCUT2D eigenvalue weighted by Crippen LogP contribution is -2.54. The van der Waals surface area contributed by atoms with E-state index in [-0.39, 0.29) is 17.9 Å². The zero-order chi connectivity index (χ0) is 24.9. The number of imide groups is 2. The fraction of sp³-hybridized carbons (Fsp3) is 0.115. The number of nitrogens with zero attached hydrogens (tertiary/aromatic N) is 1. The van der Waals surface area contributed by atoms with Gasteiger partial charge in [0, 0.05) is 22.2 Å². The van der Waals surface area contributed by atoms with Crippen molar-refractivity contribution in [2.24, 2.45) is 0 Å². The molecular formula is C26H21ClN2O6. The number of halogens is 1. The molecule has 35 heavy (non-hydrogen) atoms. The molecule has 0 saturated carbocycles. The zero-order valence-corrected chi connectivity index (χ0v) is 19.7. The van der Waals surface area contributed by atoms with Gasteiger partial charge in [0.15, 0.2) is 0 Å². The van der Waals surface area contributed by atoms with Crippen LogP contribution in [0.25, 0.3) is 6.08 Å². The average molecular weight is 493 g/mol. The minimum absolute atomic E-state index is 0.216. The van der Waals surface area contributed by atoms with E-state index in [0.29, 0.717) is 27.8 Å². The Balaban J connectivity index is 1.56. The quantitative estimate of drug-likeness (QED) is 0.382. The van der Waals surface area contributed by atoms with E-state index in [2.05, 4.69) is 5.32 Å². The van der Waals surface area contributed by atoms with Gasteiger partial charge in [-0.15, -0.1) is 0 Å². The molecule has 0 bridgehead atoms. The summed E-state index contributed by atoms with van der Waals surface area (Å²) >= 11 is 6.15. The molecule has 1 aliphatic rings. The van der Waals surface area contributed by atoms with Crippen molar-refractivity contribution < 1.29 is 28.6 Å². The summed E-state index contributed by atoms with van der Waals surface area (Å²) < 4.78 is 16.3. The van der Waals surface area contributed by atoms with Crippen LogP contribution in [0.15, 0.2) is 72.3 Å². The maximum Gasteiger partial charge on any atom is 0.335 e. The number of amides is 4. The van der Waals surface area contributed by atoms with Crippen molar-refractivity contribution in [1.29, 1.82) is 0 Å². The molecule has 9 heteroatoms. The second-order valence-corrected chi connectivity index (χ2v) is 7.85. The van der Waals surface area contributed by atoms with Crippen LogP contribution >= 0.6 is 11.6 Å². The number of rotatable bonds is 7. The summed E-state index contributed by atoms with van der Waals surface area (Å²) in [5.41, 5.74) is 1.36. The Morgan fingerprint density at radius 2 is 1.63 bits per heavy atom. The molecule has 0 spiro atoms. The molecule has 3 aromatic carbocycles. The van der Waals surface area contributed by atoms with Crippen LogP contribution in [0, 0.1) is 0 Å². The van der Waals surface area contributed by atoms with E-state index in [4.69, 9.17) is 25.8 Å². The molecule has 4 amide bonds. The third kappa shape index (κ3) is 5.12. The van der Waals surface area contributed by atoms with Crippen LogP contribution in [0.5, 0.6) is 17.2 Å². The lowest BCUT2D eigenvalue weighted by molar-refractivity contribution is -0.122. The van der Waals surface area contributed by atoms with Crippen LogP contribution in [0.2, 0.25) is 5.02 Å². The summed E-state index contributed by atoms with van der Waals surface area (Å²) in [6.07, 6.45) is 1.37. The summed E-state index contributed by atoms with van der Waals surface area (Å²) in [5, 5.41) is 2.80. The number of hydrogen-bond acceptors (Lipinski definition) is 6. The molecular weight excluding hydrogens is 472 g/mol. The van der Waals surface area contributed by atoms with E-state index in [1.54, 1.807) is 48.5 Å². The average Bonchev–Trinajstić information content (AvgIpc) is 2.86. The van der Waals surface area contributed by atoms with Gasteiger partial charge in [0.1, 0.15) is 29.4 Å². The molecule has 1 aliphatic heterocycles. The van der Waals surface area contributed by atoms with Gasteiger partial charge in [0.2, 0.25) is 0 Å². The number of carbonyl (C=O) groups excluding carboxylic acids is 3. The van der Waals surface area contributed by atoms with E-state index in [9.17, 15) is 14.4 Å². The SMILES string of the molecule is COc1ccc(/C=C2/C(=O)NC(=O)N(c3ccc(OCc4ccccc4Cl)cc3)C2=O)c(OC)c1. The number of carbonyl (C=O) groups is 3. The van der Waals surface area contributed by atoms with Crippen molar-refractivity contribution in [1.82, 2.24) is 5.32 Å². The van der Waals surface area contributed by atoms with Crippen molar-refractivity contribution in [3.8, 4) is 17.2 Å². The first-order chi connectivity index (χ1) is 16.9. The smallest absolute Gasteiger partial charge is 0.335 e. The van der Waals surface area contributed by atoms with Gasteiger partial charge >= 0.3 is 6.03 Å². The highest BCUT2D eigenvalue weighted by Crippen LogP contribution is 2.29. The number of methoxy groups -OCH3 is 2. The predicted molar refractivity (Wildman–Crippen MR) is 131 cm³/mol. The van der Waals surface area contributed by atoms with Crippen LogP contribution in [-0.4, -0.2) is 32.1 Å². The highest BCUT2D eigenvalue weighted by molar-refractivity contribution is 6.39. The molecule has 1 heterocycles. The van der Waals surface area contributed by atoms with Crippen molar-refractivity contribution in [2.45, 2.75) is 6.61 Å². The zero-order valence-electron chi connectivity index (χ0n) is 18.9. The maximum atomic E-state index is 13.2. The van der Waals surface area contributed by atoms with E-state index < -0.39 is 17.8 Å². The van der Waals surface area contributed by atoms with Gasteiger partial charge in [-0.3, -0.25) is 14.9 Å². The van der Waals surface area contributed by atoms with Crippen LogP contribution in [-0.2, 0) is 16.2 Å². The summed E-state index contributed by atoms with van der Waals surface area (Å²) in [4.78, 5) is 39.1. The minimum atomic E-state index is -0.844. The summed E-state index contributed by atoms with van der Waals surface area (Å²) in [6, 6.07) is 17.8. The lowest BCUT2D eigenvalue weighted by Gasteiger charge is -2.26. The Hall–Kier alpha value is -4.30. The first kappa shape index (κ1) is 23.8. The number of nitrogens with one attached hydrogen (secondary N) is 1. The van der Waals surface area contributed by atoms with Gasteiger partial charge in [-0.05, 0) is 48.5 Å². The molecule has 8 nitrogen and oxygen atoms in total. The van der Waals surface area contributed by atoms with Gasteiger partial charge in [-0.1, -0.05) is 29.8 Å². The third-order valence-corrected chi connectivity index (χ3v) is 5.66. The van der Waals surface area contributed by atoms with E-state index in [1.807, 2.05) is 18.2 Å². The largest absolute Gasteiger partial charge is 0.497 e. The normalized spacial score (nSPS) is 14.7. The van der Waals surface area contributed by atoms with Gasteiger partial charge in [-0.25, -0.2) is 9.69 Å². The van der Waals surface area contributed by atoms with E-state index in [0.717, 1.165) is 10.5 Å². The Morgan fingerprint density at radius 3 is 2.31 bits per heavy atom. The number of barbiturate groups is 1. The number of benzene rings is 3. The Bertz CT molecular complexity index is 1320. The monoisotopic (exact) mass is 492 g/mol. The van der Waals surface area contributed by atoms with Gasteiger partial charge < -0.3 is 14.2 Å².